The first-order valence-electron chi connectivity index (χ1n) is 6.84. The average molecular weight is 271 g/mol. The predicted octanol–water partition coefficient (Wildman–Crippen LogP) is 3.40. The fraction of sp³-hybridized carbons (Fsp3) is 0.294. The highest BCUT2D eigenvalue weighted by molar-refractivity contribution is 5.48. The number of methoxy groups -OCH3 is 1. The Bertz CT molecular complexity index is 537. The van der Waals surface area contributed by atoms with Gasteiger partial charge in [-0.1, -0.05) is 24.3 Å². The van der Waals surface area contributed by atoms with E-state index >= 15 is 0 Å². The first kappa shape index (κ1) is 14.4. The second-order valence-corrected chi connectivity index (χ2v) is 4.77. The Morgan fingerprint density at radius 2 is 1.80 bits per heavy atom. The Labute approximate surface area is 120 Å². The van der Waals surface area contributed by atoms with Gasteiger partial charge in [-0.25, -0.2) is 0 Å². The molecule has 2 aromatic carbocycles. The molecule has 106 valence electrons. The number of nitrogens with one attached hydrogen (secondary N) is 1. The first-order valence-corrected chi connectivity index (χ1v) is 6.84. The lowest BCUT2D eigenvalue weighted by Crippen LogP contribution is -2.10. The molecule has 1 atom stereocenters. The number of anilines is 1. The molecule has 3 nitrogen and oxygen atoms in total. The van der Waals surface area contributed by atoms with E-state index in [0.29, 0.717) is 6.42 Å². The van der Waals surface area contributed by atoms with Gasteiger partial charge in [0.25, 0.3) is 0 Å². The molecule has 0 bridgehead atoms. The maximum atomic E-state index is 9.14. The Kier molecular flexibility index (Phi) is 5.02. The van der Waals surface area contributed by atoms with E-state index in [1.54, 1.807) is 7.11 Å². The van der Waals surface area contributed by atoms with Crippen molar-refractivity contribution in [2.75, 3.05) is 19.0 Å². The molecule has 0 saturated heterocycles. The predicted molar refractivity (Wildman–Crippen MR) is 82.3 cm³/mol. The summed E-state index contributed by atoms with van der Waals surface area (Å²) in [6.07, 6.45) is 0.685. The van der Waals surface area contributed by atoms with Crippen LogP contribution < -0.4 is 10.1 Å². The molecule has 2 N–H and O–H groups in total. The van der Waals surface area contributed by atoms with Crippen LogP contribution in [0.4, 0.5) is 5.69 Å². The van der Waals surface area contributed by atoms with Crippen LogP contribution in [0.5, 0.6) is 5.75 Å². The molecule has 0 radical (unpaired) electrons. The highest BCUT2D eigenvalue weighted by atomic mass is 16.5. The van der Waals surface area contributed by atoms with Crippen molar-refractivity contribution in [3.05, 3.63) is 59.7 Å². The van der Waals surface area contributed by atoms with Gasteiger partial charge in [0.2, 0.25) is 0 Å². The summed E-state index contributed by atoms with van der Waals surface area (Å²) >= 11 is 0. The molecule has 0 aliphatic heterocycles. The van der Waals surface area contributed by atoms with Gasteiger partial charge in [-0.15, -0.1) is 0 Å². The van der Waals surface area contributed by atoms with Crippen LogP contribution in [-0.4, -0.2) is 18.8 Å². The molecular formula is C17H21NO2. The number of hydrogen-bond acceptors (Lipinski definition) is 3. The van der Waals surface area contributed by atoms with Crippen molar-refractivity contribution in [1.82, 2.24) is 0 Å². The van der Waals surface area contributed by atoms with Crippen molar-refractivity contribution in [2.45, 2.75) is 19.4 Å². The third-order valence-electron chi connectivity index (χ3n) is 3.38. The molecule has 0 spiro atoms. The molecule has 0 aliphatic carbocycles. The third-order valence-corrected chi connectivity index (χ3v) is 3.38. The highest BCUT2D eigenvalue weighted by Gasteiger charge is 2.09. The molecule has 0 aromatic heterocycles. The Balaban J connectivity index is 2.12. The normalized spacial score (nSPS) is 11.9. The van der Waals surface area contributed by atoms with E-state index in [-0.39, 0.29) is 12.6 Å². The lowest BCUT2D eigenvalue weighted by atomic mass is 9.99. The summed E-state index contributed by atoms with van der Waals surface area (Å²) in [4.78, 5) is 0. The zero-order valence-corrected chi connectivity index (χ0v) is 12.0. The van der Waals surface area contributed by atoms with Gasteiger partial charge >= 0.3 is 0 Å². The topological polar surface area (TPSA) is 41.5 Å². The fourth-order valence-corrected chi connectivity index (χ4v) is 2.32. The van der Waals surface area contributed by atoms with Crippen LogP contribution in [0.15, 0.2) is 48.5 Å². The molecule has 0 aliphatic rings. The maximum Gasteiger partial charge on any atom is 0.119 e. The average Bonchev–Trinajstić information content (AvgIpc) is 2.49. The van der Waals surface area contributed by atoms with Crippen LogP contribution >= 0.6 is 0 Å². The van der Waals surface area contributed by atoms with Crippen LogP contribution in [-0.2, 0) is 6.42 Å². The van der Waals surface area contributed by atoms with E-state index in [2.05, 4.69) is 24.4 Å². The third kappa shape index (κ3) is 3.52. The van der Waals surface area contributed by atoms with Crippen LogP contribution in [0.3, 0.4) is 0 Å². The minimum absolute atomic E-state index is 0.173. The number of hydrogen-bond donors (Lipinski definition) is 2. The smallest absolute Gasteiger partial charge is 0.119 e. The fourth-order valence-electron chi connectivity index (χ4n) is 2.32. The van der Waals surface area contributed by atoms with Crippen molar-refractivity contribution in [2.24, 2.45) is 0 Å². The molecule has 0 heterocycles. The minimum atomic E-state index is 0.173. The van der Waals surface area contributed by atoms with E-state index in [1.165, 1.54) is 11.1 Å². The quantitative estimate of drug-likeness (QED) is 0.846. The van der Waals surface area contributed by atoms with Crippen molar-refractivity contribution in [3.8, 4) is 5.75 Å². The van der Waals surface area contributed by atoms with Gasteiger partial charge in [0.15, 0.2) is 0 Å². The second-order valence-electron chi connectivity index (χ2n) is 4.77. The van der Waals surface area contributed by atoms with Crippen molar-refractivity contribution in [1.29, 1.82) is 0 Å². The SMILES string of the molecule is COc1ccc(N[C@H](C)c2ccccc2CCO)cc1. The molecule has 2 aromatic rings. The summed E-state index contributed by atoms with van der Waals surface area (Å²) in [5.41, 5.74) is 3.46. The molecule has 3 heteroatoms. The molecule has 0 amide bonds. The highest BCUT2D eigenvalue weighted by Crippen LogP contribution is 2.24. The van der Waals surface area contributed by atoms with E-state index < -0.39 is 0 Å². The molecule has 0 unspecified atom stereocenters. The van der Waals surface area contributed by atoms with Gasteiger partial charge in [0.05, 0.1) is 7.11 Å². The van der Waals surface area contributed by atoms with Gasteiger partial charge in [0, 0.05) is 18.3 Å². The van der Waals surface area contributed by atoms with Crippen molar-refractivity contribution in [3.63, 3.8) is 0 Å². The molecule has 0 fully saturated rings. The number of aliphatic hydroxyl groups excluding tert-OH is 1. The van der Waals surface area contributed by atoms with Crippen LogP contribution in [0, 0.1) is 0 Å². The van der Waals surface area contributed by atoms with Gasteiger partial charge in [-0.2, -0.15) is 0 Å². The van der Waals surface area contributed by atoms with Gasteiger partial charge in [0.1, 0.15) is 5.75 Å². The molecular weight excluding hydrogens is 250 g/mol. The Hall–Kier alpha value is -2.00. The van der Waals surface area contributed by atoms with E-state index in [4.69, 9.17) is 9.84 Å². The summed E-state index contributed by atoms with van der Waals surface area (Å²) < 4.78 is 5.15. The monoisotopic (exact) mass is 271 g/mol. The maximum absolute atomic E-state index is 9.14. The first-order chi connectivity index (χ1) is 9.74. The van der Waals surface area contributed by atoms with E-state index in [9.17, 15) is 0 Å². The summed E-state index contributed by atoms with van der Waals surface area (Å²) in [6, 6.07) is 16.3. The Morgan fingerprint density at radius 1 is 1.10 bits per heavy atom. The molecule has 0 saturated carbocycles. The zero-order valence-electron chi connectivity index (χ0n) is 12.0. The van der Waals surface area contributed by atoms with Crippen molar-refractivity contribution >= 4 is 5.69 Å². The van der Waals surface area contributed by atoms with Gasteiger partial charge in [-0.05, 0) is 48.7 Å². The zero-order chi connectivity index (χ0) is 14.4. The number of rotatable bonds is 6. The van der Waals surface area contributed by atoms with Crippen LogP contribution in [0.2, 0.25) is 0 Å². The summed E-state index contributed by atoms with van der Waals surface area (Å²) in [5.74, 6) is 0.851. The van der Waals surface area contributed by atoms with Gasteiger partial charge in [-0.3, -0.25) is 0 Å². The minimum Gasteiger partial charge on any atom is -0.497 e. The summed E-state index contributed by atoms with van der Waals surface area (Å²) in [6.45, 7) is 2.30. The number of benzene rings is 2. The molecule has 2 rings (SSSR count). The summed E-state index contributed by atoms with van der Waals surface area (Å²) in [5, 5.41) is 12.6. The number of ether oxygens (including phenoxy) is 1. The van der Waals surface area contributed by atoms with E-state index in [0.717, 1.165) is 11.4 Å². The standard InChI is InChI=1S/C17H21NO2/c1-13(17-6-4-3-5-14(17)11-12-19)18-15-7-9-16(20-2)10-8-15/h3-10,13,18-19H,11-12H2,1-2H3/t13-/m1/s1. The van der Waals surface area contributed by atoms with Crippen molar-refractivity contribution < 1.29 is 9.84 Å². The molecule has 20 heavy (non-hydrogen) atoms. The van der Waals surface area contributed by atoms with Crippen LogP contribution in [0.1, 0.15) is 24.1 Å². The van der Waals surface area contributed by atoms with Crippen LogP contribution in [0.25, 0.3) is 0 Å². The summed E-state index contributed by atoms with van der Waals surface area (Å²) in [7, 11) is 1.66. The Morgan fingerprint density at radius 3 is 2.45 bits per heavy atom. The second kappa shape index (κ2) is 6.96. The van der Waals surface area contributed by atoms with E-state index in [1.807, 2.05) is 36.4 Å². The number of aliphatic hydroxyl groups is 1. The lowest BCUT2D eigenvalue weighted by Gasteiger charge is -2.19. The van der Waals surface area contributed by atoms with Gasteiger partial charge < -0.3 is 15.2 Å². The lowest BCUT2D eigenvalue weighted by molar-refractivity contribution is 0.299. The largest absolute Gasteiger partial charge is 0.497 e.